The van der Waals surface area contributed by atoms with Crippen LogP contribution in [0, 0.1) is 5.92 Å². The summed E-state index contributed by atoms with van der Waals surface area (Å²) in [5.74, 6) is 0.560. The number of rotatable bonds is 6. The Hall–Kier alpha value is -1.62. The topological polar surface area (TPSA) is 77.2 Å². The fourth-order valence-corrected chi connectivity index (χ4v) is 1.40. The highest BCUT2D eigenvalue weighted by atomic mass is 16.5. The standard InChI is InChI=1S/C12H17N3O2/c13-10-3-4-11(15-7-10)12(16)14-5-6-17-8-9-1-2-9/h3-4,7,9H,1-2,5-6,8,13H2,(H,14,16). The second-order valence-corrected chi connectivity index (χ2v) is 4.25. The van der Waals surface area contributed by atoms with Crippen LogP contribution in [0.4, 0.5) is 5.69 Å². The summed E-state index contributed by atoms with van der Waals surface area (Å²) >= 11 is 0. The monoisotopic (exact) mass is 235 g/mol. The highest BCUT2D eigenvalue weighted by Gasteiger charge is 2.20. The zero-order valence-corrected chi connectivity index (χ0v) is 9.69. The predicted octanol–water partition coefficient (Wildman–Crippen LogP) is 0.820. The smallest absolute Gasteiger partial charge is 0.269 e. The second-order valence-electron chi connectivity index (χ2n) is 4.25. The van der Waals surface area contributed by atoms with E-state index in [1.54, 1.807) is 12.1 Å². The minimum Gasteiger partial charge on any atom is -0.397 e. The third-order valence-corrected chi connectivity index (χ3v) is 2.60. The van der Waals surface area contributed by atoms with Crippen molar-refractivity contribution in [1.29, 1.82) is 0 Å². The van der Waals surface area contributed by atoms with Crippen molar-refractivity contribution in [3.05, 3.63) is 24.0 Å². The number of ether oxygens (including phenoxy) is 1. The average Bonchev–Trinajstić information content (AvgIpc) is 3.13. The van der Waals surface area contributed by atoms with Gasteiger partial charge in [0.2, 0.25) is 0 Å². The summed E-state index contributed by atoms with van der Waals surface area (Å²) in [5.41, 5.74) is 6.41. The number of carbonyl (C=O) groups excluding carboxylic acids is 1. The first-order valence-corrected chi connectivity index (χ1v) is 5.83. The van der Waals surface area contributed by atoms with Gasteiger partial charge in [-0.3, -0.25) is 4.79 Å². The molecule has 0 spiro atoms. The van der Waals surface area contributed by atoms with Crippen molar-refractivity contribution in [3.63, 3.8) is 0 Å². The van der Waals surface area contributed by atoms with Gasteiger partial charge >= 0.3 is 0 Å². The van der Waals surface area contributed by atoms with E-state index in [9.17, 15) is 4.79 Å². The van der Waals surface area contributed by atoms with Gasteiger partial charge in [0.25, 0.3) is 5.91 Å². The van der Waals surface area contributed by atoms with Gasteiger partial charge in [-0.05, 0) is 30.9 Å². The number of nitrogens with zero attached hydrogens (tertiary/aromatic N) is 1. The lowest BCUT2D eigenvalue weighted by atomic mass is 10.3. The molecule has 1 saturated carbocycles. The van der Waals surface area contributed by atoms with Crippen molar-refractivity contribution < 1.29 is 9.53 Å². The molecule has 1 heterocycles. The van der Waals surface area contributed by atoms with Crippen LogP contribution in [0.2, 0.25) is 0 Å². The van der Waals surface area contributed by atoms with Gasteiger partial charge in [-0.2, -0.15) is 0 Å². The van der Waals surface area contributed by atoms with Gasteiger partial charge in [0.1, 0.15) is 5.69 Å². The summed E-state index contributed by atoms with van der Waals surface area (Å²) < 4.78 is 5.41. The fourth-order valence-electron chi connectivity index (χ4n) is 1.40. The van der Waals surface area contributed by atoms with Crippen molar-refractivity contribution in [2.45, 2.75) is 12.8 Å². The molecule has 1 aromatic rings. The lowest BCUT2D eigenvalue weighted by Gasteiger charge is -2.05. The van der Waals surface area contributed by atoms with Gasteiger partial charge in [-0.1, -0.05) is 0 Å². The summed E-state index contributed by atoms with van der Waals surface area (Å²) in [7, 11) is 0. The zero-order chi connectivity index (χ0) is 12.1. The first-order valence-electron chi connectivity index (χ1n) is 5.83. The minimum atomic E-state index is -0.194. The van der Waals surface area contributed by atoms with Gasteiger partial charge in [0.15, 0.2) is 0 Å². The maximum absolute atomic E-state index is 11.6. The van der Waals surface area contributed by atoms with Crippen molar-refractivity contribution >= 4 is 11.6 Å². The van der Waals surface area contributed by atoms with Crippen LogP contribution < -0.4 is 11.1 Å². The summed E-state index contributed by atoms with van der Waals surface area (Å²) in [6, 6.07) is 3.27. The van der Waals surface area contributed by atoms with E-state index in [4.69, 9.17) is 10.5 Å². The number of carbonyl (C=O) groups is 1. The van der Waals surface area contributed by atoms with Crippen LogP contribution in [0.15, 0.2) is 18.3 Å². The molecule has 92 valence electrons. The molecule has 3 N–H and O–H groups in total. The van der Waals surface area contributed by atoms with E-state index < -0.39 is 0 Å². The Balaban J connectivity index is 1.64. The second kappa shape index (κ2) is 5.63. The molecule has 5 nitrogen and oxygen atoms in total. The number of amides is 1. The molecule has 0 atom stereocenters. The van der Waals surface area contributed by atoms with Crippen LogP contribution in [0.25, 0.3) is 0 Å². The molecule has 1 aliphatic rings. The van der Waals surface area contributed by atoms with Gasteiger partial charge < -0.3 is 15.8 Å². The maximum Gasteiger partial charge on any atom is 0.269 e. The highest BCUT2D eigenvalue weighted by molar-refractivity contribution is 5.92. The summed E-state index contributed by atoms with van der Waals surface area (Å²) in [4.78, 5) is 15.5. The third kappa shape index (κ3) is 4.03. The zero-order valence-electron chi connectivity index (χ0n) is 9.69. The molecule has 2 rings (SSSR count). The third-order valence-electron chi connectivity index (χ3n) is 2.60. The first kappa shape index (κ1) is 11.9. The Bertz CT molecular complexity index is 374. The fraction of sp³-hybridized carbons (Fsp3) is 0.500. The Morgan fingerprint density at radius 3 is 3.00 bits per heavy atom. The molecule has 1 aromatic heterocycles. The van der Waals surface area contributed by atoms with Crippen LogP contribution in [0.5, 0.6) is 0 Å². The number of aromatic nitrogens is 1. The van der Waals surface area contributed by atoms with Gasteiger partial charge in [-0.25, -0.2) is 4.98 Å². The van der Waals surface area contributed by atoms with Gasteiger partial charge in [0.05, 0.1) is 18.5 Å². The van der Waals surface area contributed by atoms with Crippen molar-refractivity contribution in [3.8, 4) is 0 Å². The maximum atomic E-state index is 11.6. The number of anilines is 1. The van der Waals surface area contributed by atoms with Gasteiger partial charge in [0, 0.05) is 13.2 Å². The predicted molar refractivity (Wildman–Crippen MR) is 64.5 cm³/mol. The molecule has 0 aliphatic heterocycles. The van der Waals surface area contributed by atoms with Crippen LogP contribution in [0.1, 0.15) is 23.3 Å². The summed E-state index contributed by atoms with van der Waals surface area (Å²) in [6.07, 6.45) is 4.03. The van der Waals surface area contributed by atoms with Crippen molar-refractivity contribution in [1.82, 2.24) is 10.3 Å². The molecule has 1 aliphatic carbocycles. The Labute approximate surface area is 100 Å². The molecule has 5 heteroatoms. The van der Waals surface area contributed by atoms with Crippen molar-refractivity contribution in [2.24, 2.45) is 5.92 Å². The van der Waals surface area contributed by atoms with Gasteiger partial charge in [-0.15, -0.1) is 0 Å². The highest BCUT2D eigenvalue weighted by Crippen LogP contribution is 2.28. The number of nitrogens with two attached hydrogens (primary N) is 1. The molecule has 0 aromatic carbocycles. The number of nitrogen functional groups attached to an aromatic ring is 1. The number of hydrogen-bond donors (Lipinski definition) is 2. The first-order chi connectivity index (χ1) is 8.25. The number of nitrogens with one attached hydrogen (secondary N) is 1. The van der Waals surface area contributed by atoms with E-state index in [1.165, 1.54) is 19.0 Å². The Morgan fingerprint density at radius 1 is 1.53 bits per heavy atom. The molecule has 0 radical (unpaired) electrons. The molecule has 0 bridgehead atoms. The van der Waals surface area contributed by atoms with Crippen LogP contribution in [-0.2, 0) is 4.74 Å². The lowest BCUT2D eigenvalue weighted by Crippen LogP contribution is -2.28. The average molecular weight is 235 g/mol. The van der Waals surface area contributed by atoms with Crippen LogP contribution in [0.3, 0.4) is 0 Å². The lowest BCUT2D eigenvalue weighted by molar-refractivity contribution is 0.0902. The van der Waals surface area contributed by atoms with Crippen LogP contribution >= 0.6 is 0 Å². The van der Waals surface area contributed by atoms with E-state index in [0.717, 1.165) is 12.5 Å². The van der Waals surface area contributed by atoms with Crippen molar-refractivity contribution in [2.75, 3.05) is 25.5 Å². The number of hydrogen-bond acceptors (Lipinski definition) is 4. The molecular formula is C12H17N3O2. The summed E-state index contributed by atoms with van der Waals surface area (Å²) in [6.45, 7) is 1.88. The van der Waals surface area contributed by atoms with E-state index in [-0.39, 0.29) is 5.91 Å². The normalized spacial score (nSPS) is 14.6. The van der Waals surface area contributed by atoms with E-state index in [0.29, 0.717) is 24.5 Å². The SMILES string of the molecule is Nc1ccc(C(=O)NCCOCC2CC2)nc1. The Morgan fingerprint density at radius 2 is 2.35 bits per heavy atom. The molecule has 1 fully saturated rings. The molecule has 0 saturated heterocycles. The number of pyridine rings is 1. The molecule has 17 heavy (non-hydrogen) atoms. The minimum absolute atomic E-state index is 0.194. The summed E-state index contributed by atoms with van der Waals surface area (Å²) in [5, 5.41) is 2.75. The molecule has 1 amide bonds. The van der Waals surface area contributed by atoms with E-state index >= 15 is 0 Å². The molecular weight excluding hydrogens is 218 g/mol. The van der Waals surface area contributed by atoms with Crippen LogP contribution in [-0.4, -0.2) is 30.6 Å². The van der Waals surface area contributed by atoms with E-state index in [1.807, 2.05) is 0 Å². The Kier molecular flexibility index (Phi) is 3.93. The molecule has 0 unspecified atom stereocenters. The largest absolute Gasteiger partial charge is 0.397 e. The van der Waals surface area contributed by atoms with E-state index in [2.05, 4.69) is 10.3 Å². The quantitative estimate of drug-likeness (QED) is 0.716.